The van der Waals surface area contributed by atoms with Gasteiger partial charge in [-0.2, -0.15) is 0 Å². The standard InChI is InChI=1S/C15H24N2O5S/c1-4-5-9-16-23(21,22)13-8-6-7-12(10-13)17-14(19)15(3,20)11(2)18/h6-8,10-11,16,18,20H,4-5,9H2,1-3H3,(H,17,19). The zero-order chi connectivity index (χ0) is 17.7. The van der Waals surface area contributed by atoms with Gasteiger partial charge in [-0.1, -0.05) is 19.4 Å². The van der Waals surface area contributed by atoms with Gasteiger partial charge in [-0.15, -0.1) is 0 Å². The van der Waals surface area contributed by atoms with Crippen molar-refractivity contribution in [2.45, 2.75) is 50.2 Å². The fraction of sp³-hybridized carbons (Fsp3) is 0.533. The second-order valence-electron chi connectivity index (χ2n) is 5.56. The van der Waals surface area contributed by atoms with Gasteiger partial charge < -0.3 is 15.5 Å². The number of carbonyl (C=O) groups excluding carboxylic acids is 1. The van der Waals surface area contributed by atoms with E-state index in [0.29, 0.717) is 6.54 Å². The van der Waals surface area contributed by atoms with E-state index in [9.17, 15) is 23.4 Å². The third kappa shape index (κ3) is 5.28. The van der Waals surface area contributed by atoms with E-state index in [1.165, 1.54) is 38.1 Å². The molecule has 1 aromatic carbocycles. The van der Waals surface area contributed by atoms with Crippen LogP contribution in [0.25, 0.3) is 0 Å². The maximum absolute atomic E-state index is 12.1. The smallest absolute Gasteiger partial charge is 0.258 e. The van der Waals surface area contributed by atoms with E-state index in [1.807, 2.05) is 6.92 Å². The lowest BCUT2D eigenvalue weighted by Gasteiger charge is -2.25. The normalized spacial score (nSPS) is 15.7. The summed E-state index contributed by atoms with van der Waals surface area (Å²) in [4.78, 5) is 12.0. The van der Waals surface area contributed by atoms with Crippen molar-refractivity contribution in [3.63, 3.8) is 0 Å². The highest BCUT2D eigenvalue weighted by Gasteiger charge is 2.35. The molecule has 8 heteroatoms. The van der Waals surface area contributed by atoms with Gasteiger partial charge in [0.05, 0.1) is 11.0 Å². The number of anilines is 1. The van der Waals surface area contributed by atoms with Gasteiger partial charge in [0.2, 0.25) is 10.0 Å². The molecule has 0 radical (unpaired) electrons. The Hall–Kier alpha value is -1.48. The molecule has 0 aliphatic carbocycles. The van der Waals surface area contributed by atoms with E-state index >= 15 is 0 Å². The summed E-state index contributed by atoms with van der Waals surface area (Å²) in [5.74, 6) is -0.819. The number of hydrogen-bond donors (Lipinski definition) is 4. The Morgan fingerprint density at radius 2 is 2.04 bits per heavy atom. The van der Waals surface area contributed by atoms with Gasteiger partial charge >= 0.3 is 0 Å². The van der Waals surface area contributed by atoms with Gasteiger partial charge in [0, 0.05) is 12.2 Å². The third-order valence-electron chi connectivity index (χ3n) is 3.50. The fourth-order valence-corrected chi connectivity index (χ4v) is 2.77. The van der Waals surface area contributed by atoms with Crippen LogP contribution in [0.15, 0.2) is 29.2 Å². The molecule has 2 atom stereocenters. The number of aliphatic hydroxyl groups excluding tert-OH is 1. The quantitative estimate of drug-likeness (QED) is 0.522. The van der Waals surface area contributed by atoms with Crippen LogP contribution in [-0.2, 0) is 14.8 Å². The molecule has 1 aromatic rings. The van der Waals surface area contributed by atoms with Crippen LogP contribution in [0, 0.1) is 0 Å². The highest BCUT2D eigenvalue weighted by Crippen LogP contribution is 2.18. The van der Waals surface area contributed by atoms with Crippen molar-refractivity contribution in [1.29, 1.82) is 0 Å². The van der Waals surface area contributed by atoms with Gasteiger partial charge in [0.15, 0.2) is 5.60 Å². The average Bonchev–Trinajstić information content (AvgIpc) is 2.47. The van der Waals surface area contributed by atoms with E-state index in [4.69, 9.17) is 0 Å². The molecule has 0 saturated heterocycles. The van der Waals surface area contributed by atoms with Crippen LogP contribution in [0.2, 0.25) is 0 Å². The molecule has 0 aliphatic heterocycles. The molecule has 1 amide bonds. The maximum Gasteiger partial charge on any atom is 0.258 e. The molecule has 7 nitrogen and oxygen atoms in total. The molecule has 1 rings (SSSR count). The molecule has 0 heterocycles. The molecule has 130 valence electrons. The van der Waals surface area contributed by atoms with E-state index in [1.54, 1.807) is 0 Å². The van der Waals surface area contributed by atoms with Crippen molar-refractivity contribution in [3.8, 4) is 0 Å². The summed E-state index contributed by atoms with van der Waals surface area (Å²) in [7, 11) is -3.66. The largest absolute Gasteiger partial charge is 0.390 e. The van der Waals surface area contributed by atoms with Crippen LogP contribution >= 0.6 is 0 Å². The average molecular weight is 344 g/mol. The van der Waals surface area contributed by atoms with Crippen molar-refractivity contribution in [2.24, 2.45) is 0 Å². The molecular formula is C15H24N2O5S. The first-order valence-corrected chi connectivity index (χ1v) is 8.91. The number of unbranched alkanes of at least 4 members (excludes halogenated alkanes) is 1. The summed E-state index contributed by atoms with van der Waals surface area (Å²) in [5, 5.41) is 21.7. The Kier molecular flexibility index (Phi) is 6.69. The van der Waals surface area contributed by atoms with Crippen LogP contribution in [0.1, 0.15) is 33.6 Å². The van der Waals surface area contributed by atoms with Gasteiger partial charge in [0.25, 0.3) is 5.91 Å². The molecule has 0 bridgehead atoms. The Morgan fingerprint density at radius 3 is 2.61 bits per heavy atom. The Bertz CT molecular complexity index is 641. The first-order chi connectivity index (χ1) is 10.6. The van der Waals surface area contributed by atoms with Crippen LogP contribution in [-0.4, -0.2) is 42.8 Å². The van der Waals surface area contributed by atoms with E-state index in [2.05, 4.69) is 10.0 Å². The first-order valence-electron chi connectivity index (χ1n) is 7.43. The lowest BCUT2D eigenvalue weighted by atomic mass is 9.99. The molecule has 23 heavy (non-hydrogen) atoms. The predicted molar refractivity (Wildman–Crippen MR) is 87.5 cm³/mol. The van der Waals surface area contributed by atoms with Gasteiger partial charge in [0.1, 0.15) is 0 Å². The number of sulfonamides is 1. The highest BCUT2D eigenvalue weighted by molar-refractivity contribution is 7.89. The minimum atomic E-state index is -3.66. The zero-order valence-corrected chi connectivity index (χ0v) is 14.4. The van der Waals surface area contributed by atoms with Crippen LogP contribution in [0.3, 0.4) is 0 Å². The molecule has 0 spiro atoms. The van der Waals surface area contributed by atoms with Gasteiger partial charge in [-0.05, 0) is 38.5 Å². The van der Waals surface area contributed by atoms with Crippen molar-refractivity contribution in [3.05, 3.63) is 24.3 Å². The lowest BCUT2D eigenvalue weighted by Crippen LogP contribution is -2.48. The Labute approximate surface area is 136 Å². The summed E-state index contributed by atoms with van der Waals surface area (Å²) in [6.07, 6.45) is 0.324. The number of hydrogen-bond acceptors (Lipinski definition) is 5. The molecule has 0 aliphatic rings. The monoisotopic (exact) mass is 344 g/mol. The number of benzene rings is 1. The molecule has 0 aromatic heterocycles. The van der Waals surface area contributed by atoms with Crippen LogP contribution in [0.5, 0.6) is 0 Å². The predicted octanol–water partition coefficient (Wildman–Crippen LogP) is 0.835. The summed E-state index contributed by atoms with van der Waals surface area (Å²) in [5.41, 5.74) is -1.76. The van der Waals surface area contributed by atoms with Gasteiger partial charge in [-0.3, -0.25) is 4.79 Å². The maximum atomic E-state index is 12.1. The molecule has 2 unspecified atom stereocenters. The number of aliphatic hydroxyl groups is 2. The van der Waals surface area contributed by atoms with Crippen LogP contribution in [0.4, 0.5) is 5.69 Å². The van der Waals surface area contributed by atoms with E-state index in [0.717, 1.165) is 12.8 Å². The minimum absolute atomic E-state index is 0.0168. The van der Waals surface area contributed by atoms with Crippen molar-refractivity contribution >= 4 is 21.6 Å². The second-order valence-corrected chi connectivity index (χ2v) is 7.32. The molecule has 0 saturated carbocycles. The topological polar surface area (TPSA) is 116 Å². The Balaban J connectivity index is 2.91. The SMILES string of the molecule is CCCCNS(=O)(=O)c1cccc(NC(=O)C(C)(O)C(C)O)c1. The minimum Gasteiger partial charge on any atom is -0.390 e. The molecule has 0 fully saturated rings. The lowest BCUT2D eigenvalue weighted by molar-refractivity contribution is -0.142. The van der Waals surface area contributed by atoms with Crippen molar-refractivity contribution in [1.82, 2.24) is 4.72 Å². The summed E-state index contributed by atoms with van der Waals surface area (Å²) < 4.78 is 26.7. The fourth-order valence-electron chi connectivity index (χ4n) is 1.66. The van der Waals surface area contributed by atoms with Crippen molar-refractivity contribution in [2.75, 3.05) is 11.9 Å². The summed E-state index contributed by atoms with van der Waals surface area (Å²) >= 11 is 0. The number of rotatable bonds is 8. The third-order valence-corrected chi connectivity index (χ3v) is 4.96. The summed E-state index contributed by atoms with van der Waals surface area (Å²) in [6.45, 7) is 4.77. The zero-order valence-electron chi connectivity index (χ0n) is 13.5. The Morgan fingerprint density at radius 1 is 1.39 bits per heavy atom. The van der Waals surface area contributed by atoms with E-state index < -0.39 is 27.6 Å². The number of amides is 1. The van der Waals surface area contributed by atoms with Crippen molar-refractivity contribution < 1.29 is 23.4 Å². The first kappa shape index (κ1) is 19.6. The highest BCUT2D eigenvalue weighted by atomic mass is 32.2. The van der Waals surface area contributed by atoms with Gasteiger partial charge in [-0.25, -0.2) is 13.1 Å². The van der Waals surface area contributed by atoms with Crippen LogP contribution < -0.4 is 10.0 Å². The molecule has 4 N–H and O–H groups in total. The molecular weight excluding hydrogens is 320 g/mol. The second kappa shape index (κ2) is 7.87. The number of carbonyl (C=O) groups is 1. The number of nitrogens with one attached hydrogen (secondary N) is 2. The van der Waals surface area contributed by atoms with E-state index in [-0.39, 0.29) is 10.6 Å². The summed E-state index contributed by atoms with van der Waals surface area (Å²) in [6, 6.07) is 5.70.